The van der Waals surface area contributed by atoms with Crippen LogP contribution in [0.3, 0.4) is 0 Å². The minimum absolute atomic E-state index is 0.108. The Morgan fingerprint density at radius 2 is 1.94 bits per heavy atom. The van der Waals surface area contributed by atoms with Crippen molar-refractivity contribution in [3.8, 4) is 0 Å². The minimum Gasteiger partial charge on any atom is -0.386 e. The van der Waals surface area contributed by atoms with Crippen LogP contribution in [-0.4, -0.2) is 35.3 Å². The molecule has 0 unspecified atom stereocenters. The molecule has 3 atom stereocenters. The van der Waals surface area contributed by atoms with Crippen LogP contribution in [0.15, 0.2) is 35.5 Å². The van der Waals surface area contributed by atoms with E-state index in [1.165, 1.54) is 24.4 Å². The number of amidine groups is 1. The zero-order valence-corrected chi connectivity index (χ0v) is 20.5. The number of aryl methyl sites for hydroxylation is 1. The lowest BCUT2D eigenvalue weighted by Crippen LogP contribution is -2.66. The van der Waals surface area contributed by atoms with Gasteiger partial charge < -0.3 is 11.1 Å². The molecule has 0 spiro atoms. The lowest BCUT2D eigenvalue weighted by molar-refractivity contribution is 0.102. The fourth-order valence-electron chi connectivity index (χ4n) is 5.11. The number of hydrogen-bond acceptors (Lipinski definition) is 6. The van der Waals surface area contributed by atoms with Gasteiger partial charge in [0.2, 0.25) is 0 Å². The fourth-order valence-corrected chi connectivity index (χ4v) is 8.22. The first-order valence-corrected chi connectivity index (χ1v) is 12.6. The van der Waals surface area contributed by atoms with Crippen LogP contribution in [0.4, 0.5) is 10.1 Å². The summed E-state index contributed by atoms with van der Waals surface area (Å²) in [5.74, 6) is -0.935. The van der Waals surface area contributed by atoms with E-state index in [9.17, 15) is 13.9 Å². The van der Waals surface area contributed by atoms with Crippen LogP contribution in [0.25, 0.3) is 0 Å². The minimum atomic E-state index is -3.31. The number of carbonyl (C=O) groups is 1. The molecular weight excluding hydrogens is 467 g/mol. The SMILES string of the molecule is Cc1cc(Cl)cnc1C(=O)Nc1ccc(F)c([C@@]2(C)N=C(N)[C@]3(C)CCC[C@@]2(C)S3(O)O)c1. The summed E-state index contributed by atoms with van der Waals surface area (Å²) in [5.41, 5.74) is 6.18. The van der Waals surface area contributed by atoms with E-state index in [2.05, 4.69) is 15.3 Å². The van der Waals surface area contributed by atoms with Crippen molar-refractivity contribution in [1.82, 2.24) is 4.98 Å². The van der Waals surface area contributed by atoms with Gasteiger partial charge >= 0.3 is 0 Å². The molecule has 1 amide bonds. The highest BCUT2D eigenvalue weighted by atomic mass is 35.5. The van der Waals surface area contributed by atoms with E-state index in [1.54, 1.807) is 33.8 Å². The first-order valence-electron chi connectivity index (χ1n) is 10.6. The first kappa shape index (κ1) is 23.9. The van der Waals surface area contributed by atoms with Crippen molar-refractivity contribution in [2.24, 2.45) is 10.7 Å². The topological polar surface area (TPSA) is 121 Å². The van der Waals surface area contributed by atoms with Gasteiger partial charge in [0, 0.05) is 17.4 Å². The van der Waals surface area contributed by atoms with E-state index < -0.39 is 37.3 Å². The number of nitrogens with two attached hydrogens (primary N) is 1. The molecule has 33 heavy (non-hydrogen) atoms. The van der Waals surface area contributed by atoms with Crippen LogP contribution >= 0.6 is 22.2 Å². The normalized spacial score (nSPS) is 31.5. The number of halogens is 2. The van der Waals surface area contributed by atoms with Gasteiger partial charge in [-0.1, -0.05) is 11.6 Å². The maximum Gasteiger partial charge on any atom is 0.274 e. The van der Waals surface area contributed by atoms with Crippen molar-refractivity contribution in [1.29, 1.82) is 0 Å². The Bertz CT molecular complexity index is 1190. The average Bonchev–Trinajstić information content (AvgIpc) is 2.72. The zero-order valence-electron chi connectivity index (χ0n) is 18.9. The van der Waals surface area contributed by atoms with Gasteiger partial charge in [0.15, 0.2) is 0 Å². The van der Waals surface area contributed by atoms with Gasteiger partial charge in [-0.05, 0) is 76.8 Å². The van der Waals surface area contributed by atoms with Crippen LogP contribution in [0, 0.1) is 12.7 Å². The molecule has 7 nitrogen and oxygen atoms in total. The molecule has 0 radical (unpaired) electrons. The summed E-state index contributed by atoms with van der Waals surface area (Å²) in [6.45, 7) is 6.85. The highest BCUT2D eigenvalue weighted by Gasteiger charge is 2.67. The Labute approximate surface area is 199 Å². The maximum atomic E-state index is 15.2. The number of nitrogens with one attached hydrogen (secondary N) is 1. The van der Waals surface area contributed by atoms with Crippen molar-refractivity contribution in [2.45, 2.75) is 62.0 Å². The van der Waals surface area contributed by atoms with Crippen LogP contribution in [0.1, 0.15) is 61.6 Å². The molecule has 0 saturated carbocycles. The molecule has 2 bridgehead atoms. The lowest BCUT2D eigenvalue weighted by Gasteiger charge is -2.68. The zero-order chi connectivity index (χ0) is 24.4. The van der Waals surface area contributed by atoms with E-state index >= 15 is 4.39 Å². The summed E-state index contributed by atoms with van der Waals surface area (Å²) in [6.07, 6.45) is 3.03. The van der Waals surface area contributed by atoms with E-state index in [4.69, 9.17) is 17.3 Å². The van der Waals surface area contributed by atoms with Crippen molar-refractivity contribution >= 4 is 39.6 Å². The van der Waals surface area contributed by atoms with Crippen LogP contribution in [0.5, 0.6) is 0 Å². The van der Waals surface area contributed by atoms with Gasteiger partial charge in [-0.15, -0.1) is 0 Å². The summed E-state index contributed by atoms with van der Waals surface area (Å²) in [7, 11) is -3.31. The van der Waals surface area contributed by atoms with Crippen molar-refractivity contribution < 1.29 is 18.3 Å². The second-order valence-corrected chi connectivity index (χ2v) is 12.7. The standard InChI is InChI=1S/C23H28ClFN4O3S/c1-13-10-14(24)12-27-18(13)19(30)28-15-6-7-17(25)16(11-15)23(4)22(3)9-5-8-21(2,20(26)29-23)33(22,31)32/h6-7,10-12,31-32H,5,8-9H2,1-4H3,(H2,26,29)(H,28,30)/t21-,22+,23+/m0/s1. The number of nitrogens with zero attached hydrogens (tertiary/aromatic N) is 2. The van der Waals surface area contributed by atoms with E-state index in [0.29, 0.717) is 35.5 Å². The molecule has 2 aliphatic heterocycles. The third-order valence-corrected chi connectivity index (χ3v) is 11.2. The number of amides is 1. The molecule has 3 heterocycles. The summed E-state index contributed by atoms with van der Waals surface area (Å²) >= 11 is 5.92. The third kappa shape index (κ3) is 3.28. The molecule has 0 aliphatic carbocycles. The van der Waals surface area contributed by atoms with Crippen molar-refractivity contribution in [2.75, 3.05) is 5.32 Å². The molecule has 2 aliphatic rings. The van der Waals surface area contributed by atoms with Gasteiger partial charge in [-0.25, -0.2) is 9.37 Å². The van der Waals surface area contributed by atoms with E-state index in [0.717, 1.165) is 0 Å². The van der Waals surface area contributed by atoms with Gasteiger partial charge in [0.1, 0.15) is 27.6 Å². The van der Waals surface area contributed by atoms with Crippen molar-refractivity contribution in [3.05, 3.63) is 58.1 Å². The second-order valence-electron chi connectivity index (χ2n) is 9.40. The van der Waals surface area contributed by atoms with Gasteiger partial charge in [0.25, 0.3) is 5.91 Å². The predicted octanol–water partition coefficient (Wildman–Crippen LogP) is 5.47. The molecule has 178 valence electrons. The van der Waals surface area contributed by atoms with Crippen LogP contribution in [-0.2, 0) is 5.54 Å². The highest BCUT2D eigenvalue weighted by Crippen LogP contribution is 2.75. The average molecular weight is 495 g/mol. The Kier molecular flexibility index (Phi) is 5.56. The maximum absolute atomic E-state index is 15.2. The summed E-state index contributed by atoms with van der Waals surface area (Å²) in [5, 5.41) is 3.16. The number of aromatic nitrogens is 1. The Morgan fingerprint density at radius 1 is 1.24 bits per heavy atom. The van der Waals surface area contributed by atoms with Crippen LogP contribution in [0.2, 0.25) is 5.02 Å². The summed E-state index contributed by atoms with van der Waals surface area (Å²) < 4.78 is 35.9. The molecule has 4 rings (SSSR count). The molecule has 2 aromatic rings. The number of benzene rings is 1. The molecule has 5 N–H and O–H groups in total. The van der Waals surface area contributed by atoms with Gasteiger partial charge in [-0.3, -0.25) is 18.9 Å². The number of fused-ring (bicyclic) bond motifs is 2. The van der Waals surface area contributed by atoms with Crippen LogP contribution < -0.4 is 11.1 Å². The Hall–Kier alpha value is -2.20. The molecule has 1 saturated heterocycles. The Morgan fingerprint density at radius 3 is 2.61 bits per heavy atom. The predicted molar refractivity (Wildman–Crippen MR) is 131 cm³/mol. The first-order chi connectivity index (χ1) is 15.3. The van der Waals surface area contributed by atoms with Gasteiger partial charge in [0.05, 0.1) is 9.77 Å². The number of anilines is 1. The largest absolute Gasteiger partial charge is 0.386 e. The van der Waals surface area contributed by atoms with E-state index in [-0.39, 0.29) is 17.1 Å². The molecule has 1 aromatic heterocycles. The third-order valence-electron chi connectivity index (χ3n) is 7.49. The lowest BCUT2D eigenvalue weighted by atomic mass is 9.74. The molecule has 1 aromatic carbocycles. The smallest absolute Gasteiger partial charge is 0.274 e. The molecule has 10 heteroatoms. The fraction of sp³-hybridized carbons (Fsp3) is 0.435. The quantitative estimate of drug-likeness (QED) is 0.450. The monoisotopic (exact) mass is 494 g/mol. The Balaban J connectivity index is 1.79. The number of pyridine rings is 1. The highest BCUT2D eigenvalue weighted by molar-refractivity contribution is 8.27. The van der Waals surface area contributed by atoms with E-state index in [1.807, 2.05) is 0 Å². The number of carbonyl (C=O) groups excluding carboxylic acids is 1. The molecule has 1 fully saturated rings. The number of rotatable bonds is 3. The second kappa shape index (κ2) is 7.66. The summed E-state index contributed by atoms with van der Waals surface area (Å²) in [4.78, 5) is 21.6. The molecular formula is C23H28ClFN4O3S. The number of hydrogen-bond donors (Lipinski definition) is 4. The van der Waals surface area contributed by atoms with Gasteiger partial charge in [-0.2, -0.15) is 10.6 Å². The number of aliphatic imine (C=N–C) groups is 1. The summed E-state index contributed by atoms with van der Waals surface area (Å²) in [6, 6.07) is 5.78. The van der Waals surface area contributed by atoms with Crippen molar-refractivity contribution in [3.63, 3.8) is 0 Å².